The van der Waals surface area contributed by atoms with Crippen molar-refractivity contribution < 1.29 is 4.39 Å². The van der Waals surface area contributed by atoms with Crippen LogP contribution in [0.4, 0.5) is 4.39 Å². The number of nitrogens with one attached hydrogen (secondary N) is 1. The first-order valence-electron chi connectivity index (χ1n) is 6.68. The van der Waals surface area contributed by atoms with Gasteiger partial charge in [0, 0.05) is 6.54 Å². The molecule has 0 bridgehead atoms. The van der Waals surface area contributed by atoms with Gasteiger partial charge in [0.05, 0.1) is 0 Å². The molecule has 0 unspecified atom stereocenters. The molecule has 0 aliphatic rings. The largest absolute Gasteiger partial charge is 0.313 e. The molecule has 0 spiro atoms. The molecule has 1 nitrogen and oxygen atoms in total. The van der Waals surface area contributed by atoms with E-state index >= 15 is 0 Å². The molecule has 1 aromatic carbocycles. The molecular formula is C15H24FNS. The molecule has 1 aromatic rings. The van der Waals surface area contributed by atoms with Crippen LogP contribution in [0.3, 0.4) is 0 Å². The lowest BCUT2D eigenvalue weighted by molar-refractivity contribution is 0.596. The third kappa shape index (κ3) is 6.41. The van der Waals surface area contributed by atoms with Crippen LogP contribution in [0.2, 0.25) is 0 Å². The third-order valence-electron chi connectivity index (χ3n) is 3.07. The number of hydrogen-bond acceptors (Lipinski definition) is 2. The number of unbranched alkanes of at least 4 members (excludes halogenated alkanes) is 3. The molecule has 0 aliphatic carbocycles. The van der Waals surface area contributed by atoms with E-state index in [9.17, 15) is 4.39 Å². The van der Waals surface area contributed by atoms with Crippen molar-refractivity contribution in [3.8, 4) is 0 Å². The maximum atomic E-state index is 12.9. The molecule has 18 heavy (non-hydrogen) atoms. The SMILES string of the molecule is CSCCCCCCNCc1ccc(F)cc1C. The Bertz CT molecular complexity index is 341. The number of benzene rings is 1. The highest BCUT2D eigenvalue weighted by molar-refractivity contribution is 7.98. The van der Waals surface area contributed by atoms with Gasteiger partial charge in [-0.1, -0.05) is 18.9 Å². The van der Waals surface area contributed by atoms with E-state index in [0.717, 1.165) is 18.7 Å². The topological polar surface area (TPSA) is 12.0 Å². The molecule has 1 N–H and O–H groups in total. The Labute approximate surface area is 115 Å². The normalized spacial score (nSPS) is 10.8. The van der Waals surface area contributed by atoms with Gasteiger partial charge >= 0.3 is 0 Å². The summed E-state index contributed by atoms with van der Waals surface area (Å²) in [6.45, 7) is 3.86. The molecule has 0 amide bonds. The van der Waals surface area contributed by atoms with Crippen LogP contribution in [0.5, 0.6) is 0 Å². The first kappa shape index (κ1) is 15.5. The van der Waals surface area contributed by atoms with Crippen molar-refractivity contribution in [1.29, 1.82) is 0 Å². The molecule has 0 saturated carbocycles. The van der Waals surface area contributed by atoms with Gasteiger partial charge in [0.2, 0.25) is 0 Å². The van der Waals surface area contributed by atoms with Crippen LogP contribution in [-0.4, -0.2) is 18.6 Å². The lowest BCUT2D eigenvalue weighted by Gasteiger charge is -2.08. The van der Waals surface area contributed by atoms with E-state index in [2.05, 4.69) is 11.6 Å². The van der Waals surface area contributed by atoms with E-state index in [4.69, 9.17) is 0 Å². The van der Waals surface area contributed by atoms with Crippen LogP contribution >= 0.6 is 11.8 Å². The maximum absolute atomic E-state index is 12.9. The van der Waals surface area contributed by atoms with Gasteiger partial charge in [-0.25, -0.2) is 4.39 Å². The Hall–Kier alpha value is -0.540. The fraction of sp³-hybridized carbons (Fsp3) is 0.600. The molecule has 0 atom stereocenters. The van der Waals surface area contributed by atoms with Gasteiger partial charge in [0.1, 0.15) is 5.82 Å². The minimum atomic E-state index is -0.148. The van der Waals surface area contributed by atoms with E-state index in [-0.39, 0.29) is 5.82 Å². The molecule has 0 aliphatic heterocycles. The van der Waals surface area contributed by atoms with Gasteiger partial charge in [0.25, 0.3) is 0 Å². The second kappa shape index (κ2) is 9.40. The summed E-state index contributed by atoms with van der Waals surface area (Å²) in [7, 11) is 0. The van der Waals surface area contributed by atoms with Crippen molar-refractivity contribution in [2.75, 3.05) is 18.6 Å². The third-order valence-corrected chi connectivity index (χ3v) is 3.77. The fourth-order valence-corrected chi connectivity index (χ4v) is 2.42. The number of aryl methyl sites for hydroxylation is 1. The second-order valence-electron chi connectivity index (χ2n) is 4.65. The predicted molar refractivity (Wildman–Crippen MR) is 79.7 cm³/mol. The number of rotatable bonds is 9. The Morgan fingerprint density at radius 3 is 2.67 bits per heavy atom. The Morgan fingerprint density at radius 1 is 1.17 bits per heavy atom. The zero-order chi connectivity index (χ0) is 13.2. The van der Waals surface area contributed by atoms with Gasteiger partial charge in [-0.2, -0.15) is 11.8 Å². The van der Waals surface area contributed by atoms with Crippen molar-refractivity contribution in [3.63, 3.8) is 0 Å². The average molecular weight is 269 g/mol. The molecule has 0 fully saturated rings. The zero-order valence-electron chi connectivity index (χ0n) is 11.5. The quantitative estimate of drug-likeness (QED) is 0.676. The van der Waals surface area contributed by atoms with Crippen molar-refractivity contribution in [2.45, 2.75) is 39.2 Å². The van der Waals surface area contributed by atoms with E-state index in [1.54, 1.807) is 6.07 Å². The number of halogens is 1. The highest BCUT2D eigenvalue weighted by atomic mass is 32.2. The maximum Gasteiger partial charge on any atom is 0.123 e. The van der Waals surface area contributed by atoms with Crippen LogP contribution in [0.1, 0.15) is 36.8 Å². The average Bonchev–Trinajstić information content (AvgIpc) is 2.35. The summed E-state index contributed by atoms with van der Waals surface area (Å²) in [5.41, 5.74) is 2.22. The highest BCUT2D eigenvalue weighted by Crippen LogP contribution is 2.10. The molecule has 0 saturated heterocycles. The molecular weight excluding hydrogens is 245 g/mol. The van der Waals surface area contributed by atoms with Crippen molar-refractivity contribution >= 4 is 11.8 Å². The minimum absolute atomic E-state index is 0.148. The van der Waals surface area contributed by atoms with E-state index < -0.39 is 0 Å². The zero-order valence-corrected chi connectivity index (χ0v) is 12.3. The summed E-state index contributed by atoms with van der Waals surface area (Å²) in [5, 5.41) is 3.43. The smallest absolute Gasteiger partial charge is 0.123 e. The Kier molecular flexibility index (Phi) is 8.10. The van der Waals surface area contributed by atoms with Crippen molar-refractivity contribution in [1.82, 2.24) is 5.32 Å². The fourth-order valence-electron chi connectivity index (χ4n) is 1.93. The van der Waals surface area contributed by atoms with E-state index in [0.29, 0.717) is 0 Å². The highest BCUT2D eigenvalue weighted by Gasteiger charge is 1.99. The second-order valence-corrected chi connectivity index (χ2v) is 5.64. The minimum Gasteiger partial charge on any atom is -0.313 e. The van der Waals surface area contributed by atoms with E-state index in [1.165, 1.54) is 43.1 Å². The summed E-state index contributed by atoms with van der Waals surface area (Å²) in [6, 6.07) is 5.00. The van der Waals surface area contributed by atoms with Gasteiger partial charge in [-0.05, 0) is 61.6 Å². The number of hydrogen-bond donors (Lipinski definition) is 1. The summed E-state index contributed by atoms with van der Waals surface area (Å²) < 4.78 is 12.9. The van der Waals surface area contributed by atoms with Gasteiger partial charge in [-0.15, -0.1) is 0 Å². The van der Waals surface area contributed by atoms with Crippen molar-refractivity contribution in [2.24, 2.45) is 0 Å². The molecule has 3 heteroatoms. The van der Waals surface area contributed by atoms with Crippen molar-refractivity contribution in [3.05, 3.63) is 35.1 Å². The van der Waals surface area contributed by atoms with E-state index in [1.807, 2.05) is 24.8 Å². The van der Waals surface area contributed by atoms with Crippen LogP contribution in [0, 0.1) is 12.7 Å². The summed E-state index contributed by atoms with van der Waals surface area (Å²) in [5.74, 6) is 1.13. The van der Waals surface area contributed by atoms with Gasteiger partial charge in [0.15, 0.2) is 0 Å². The van der Waals surface area contributed by atoms with Crippen LogP contribution in [0.25, 0.3) is 0 Å². The Morgan fingerprint density at radius 2 is 1.94 bits per heavy atom. The summed E-state index contributed by atoms with van der Waals surface area (Å²) >= 11 is 1.92. The molecule has 1 rings (SSSR count). The molecule has 102 valence electrons. The summed E-state index contributed by atoms with van der Waals surface area (Å²) in [6.07, 6.45) is 7.35. The van der Waals surface area contributed by atoms with Crippen LogP contribution in [0.15, 0.2) is 18.2 Å². The molecule has 0 radical (unpaired) electrons. The monoisotopic (exact) mass is 269 g/mol. The lowest BCUT2D eigenvalue weighted by atomic mass is 10.1. The molecule has 0 aromatic heterocycles. The standard InChI is InChI=1S/C15H24FNS/c1-13-11-15(16)8-7-14(13)12-17-9-5-3-4-6-10-18-2/h7-8,11,17H,3-6,9-10,12H2,1-2H3. The van der Waals surface area contributed by atoms with Crippen LogP contribution < -0.4 is 5.32 Å². The number of thioether (sulfide) groups is 1. The first-order chi connectivity index (χ1) is 8.74. The lowest BCUT2D eigenvalue weighted by Crippen LogP contribution is -2.15. The van der Waals surface area contributed by atoms with Crippen LogP contribution in [-0.2, 0) is 6.54 Å². The van der Waals surface area contributed by atoms with Gasteiger partial charge < -0.3 is 5.32 Å². The summed E-state index contributed by atoms with van der Waals surface area (Å²) in [4.78, 5) is 0. The molecule has 0 heterocycles. The van der Waals surface area contributed by atoms with Gasteiger partial charge in [-0.3, -0.25) is 0 Å². The predicted octanol–water partition coefficient (Wildman–Crippen LogP) is 4.15. The Balaban J connectivity index is 2.07. The first-order valence-corrected chi connectivity index (χ1v) is 8.08.